The van der Waals surface area contributed by atoms with E-state index in [-0.39, 0.29) is 5.63 Å². The monoisotopic (exact) mass is 290 g/mol. The van der Waals surface area contributed by atoms with Crippen molar-refractivity contribution in [2.45, 2.75) is 19.8 Å². The van der Waals surface area contributed by atoms with Gasteiger partial charge in [-0.15, -0.1) is 0 Å². The molecule has 0 saturated heterocycles. The van der Waals surface area contributed by atoms with Gasteiger partial charge in [0, 0.05) is 10.9 Å². The fraction of sp³-hybridized carbons (Fsp3) is 0.150. The zero-order chi connectivity index (χ0) is 15.4. The Balaban J connectivity index is 1.95. The molecule has 0 unspecified atom stereocenters. The van der Waals surface area contributed by atoms with Gasteiger partial charge in [0.25, 0.3) is 0 Å². The van der Waals surface area contributed by atoms with Crippen LogP contribution >= 0.6 is 0 Å². The van der Waals surface area contributed by atoms with E-state index >= 15 is 0 Å². The fourth-order valence-electron chi connectivity index (χ4n) is 2.53. The Morgan fingerprint density at radius 3 is 2.59 bits per heavy atom. The smallest absolute Gasteiger partial charge is 0.339 e. The van der Waals surface area contributed by atoms with E-state index in [4.69, 9.17) is 4.42 Å². The van der Waals surface area contributed by atoms with E-state index in [9.17, 15) is 4.79 Å². The van der Waals surface area contributed by atoms with Crippen molar-refractivity contribution in [2.75, 3.05) is 0 Å². The minimum atomic E-state index is -0.248. The number of hydrogen-bond acceptors (Lipinski definition) is 2. The second-order valence-electron chi connectivity index (χ2n) is 5.37. The van der Waals surface area contributed by atoms with Gasteiger partial charge in [-0.05, 0) is 43.0 Å². The maximum absolute atomic E-state index is 12.0. The summed E-state index contributed by atoms with van der Waals surface area (Å²) in [7, 11) is 0. The molecule has 0 fully saturated rings. The van der Waals surface area contributed by atoms with Gasteiger partial charge in [0.15, 0.2) is 0 Å². The first-order valence-electron chi connectivity index (χ1n) is 7.47. The Kier molecular flexibility index (Phi) is 4.19. The lowest BCUT2D eigenvalue weighted by Crippen LogP contribution is -2.06. The molecular weight excluding hydrogens is 272 g/mol. The predicted octanol–water partition coefficient (Wildman–Crippen LogP) is 4.50. The third kappa shape index (κ3) is 3.17. The van der Waals surface area contributed by atoms with E-state index in [0.717, 1.165) is 17.4 Å². The van der Waals surface area contributed by atoms with Gasteiger partial charge in [0.1, 0.15) is 5.58 Å². The van der Waals surface area contributed by atoms with Crippen molar-refractivity contribution in [3.05, 3.63) is 93.9 Å². The van der Waals surface area contributed by atoms with Gasteiger partial charge >= 0.3 is 5.63 Å². The largest absolute Gasteiger partial charge is 0.423 e. The second-order valence-corrected chi connectivity index (χ2v) is 5.37. The van der Waals surface area contributed by atoms with Crippen molar-refractivity contribution in [1.82, 2.24) is 0 Å². The zero-order valence-electron chi connectivity index (χ0n) is 12.6. The molecule has 2 nitrogen and oxygen atoms in total. The van der Waals surface area contributed by atoms with Crippen molar-refractivity contribution >= 4 is 11.0 Å². The van der Waals surface area contributed by atoms with Crippen LogP contribution in [0.15, 0.2) is 76.0 Å². The van der Waals surface area contributed by atoms with Crippen molar-refractivity contribution < 1.29 is 4.42 Å². The third-order valence-corrected chi connectivity index (χ3v) is 3.70. The summed E-state index contributed by atoms with van der Waals surface area (Å²) in [6.07, 6.45) is 5.34. The van der Waals surface area contributed by atoms with Crippen LogP contribution < -0.4 is 5.63 Å². The average Bonchev–Trinajstić information content (AvgIpc) is 2.54. The van der Waals surface area contributed by atoms with Crippen LogP contribution in [-0.2, 0) is 12.8 Å². The van der Waals surface area contributed by atoms with Gasteiger partial charge in [-0.3, -0.25) is 0 Å². The van der Waals surface area contributed by atoms with Crippen LogP contribution in [0.1, 0.15) is 23.6 Å². The van der Waals surface area contributed by atoms with E-state index in [1.165, 1.54) is 5.56 Å². The van der Waals surface area contributed by atoms with Gasteiger partial charge in [0.2, 0.25) is 0 Å². The minimum absolute atomic E-state index is 0.248. The molecule has 0 radical (unpaired) electrons. The Morgan fingerprint density at radius 2 is 1.82 bits per heavy atom. The summed E-state index contributed by atoms with van der Waals surface area (Å²) in [4.78, 5) is 12.0. The molecule has 1 heterocycles. The Bertz CT molecular complexity index is 858. The van der Waals surface area contributed by atoms with Crippen molar-refractivity contribution in [3.63, 3.8) is 0 Å². The summed E-state index contributed by atoms with van der Waals surface area (Å²) in [5.41, 5.74) is 3.49. The predicted molar refractivity (Wildman–Crippen MR) is 90.3 cm³/mol. The molecule has 0 spiro atoms. The lowest BCUT2D eigenvalue weighted by atomic mass is 10.0. The molecule has 1 aromatic heterocycles. The molecule has 0 atom stereocenters. The van der Waals surface area contributed by atoms with Crippen molar-refractivity contribution in [1.29, 1.82) is 0 Å². The molecule has 0 aliphatic carbocycles. The average molecular weight is 290 g/mol. The van der Waals surface area contributed by atoms with Crippen molar-refractivity contribution in [3.8, 4) is 0 Å². The summed E-state index contributed by atoms with van der Waals surface area (Å²) in [6.45, 7) is 1.94. The van der Waals surface area contributed by atoms with E-state index in [1.54, 1.807) is 0 Å². The quantitative estimate of drug-likeness (QED) is 0.523. The first-order chi connectivity index (χ1) is 10.8. The zero-order valence-corrected chi connectivity index (χ0v) is 12.6. The highest BCUT2D eigenvalue weighted by molar-refractivity contribution is 5.77. The van der Waals surface area contributed by atoms with Crippen LogP contribution in [0.25, 0.3) is 11.0 Å². The highest BCUT2D eigenvalue weighted by atomic mass is 16.4. The molecule has 0 saturated carbocycles. The summed E-state index contributed by atoms with van der Waals surface area (Å²) in [5.74, 6) is 0. The SMILES string of the molecule is C/C=C/Cc1cc2ccc(Cc3ccccc3)cc2oc1=O. The Hall–Kier alpha value is -2.61. The first kappa shape index (κ1) is 14.3. The molecule has 22 heavy (non-hydrogen) atoms. The highest BCUT2D eigenvalue weighted by Gasteiger charge is 2.05. The third-order valence-electron chi connectivity index (χ3n) is 3.70. The van der Waals surface area contributed by atoms with Crippen LogP contribution in [0.3, 0.4) is 0 Å². The fourth-order valence-corrected chi connectivity index (χ4v) is 2.53. The molecule has 0 bridgehead atoms. The first-order valence-corrected chi connectivity index (χ1v) is 7.47. The van der Waals surface area contributed by atoms with E-state index in [1.807, 2.05) is 55.5 Å². The number of fused-ring (bicyclic) bond motifs is 1. The Morgan fingerprint density at radius 1 is 1.00 bits per heavy atom. The lowest BCUT2D eigenvalue weighted by Gasteiger charge is -2.04. The van der Waals surface area contributed by atoms with Gasteiger partial charge in [0.05, 0.1) is 0 Å². The molecule has 3 rings (SSSR count). The molecule has 110 valence electrons. The van der Waals surface area contributed by atoms with E-state index < -0.39 is 0 Å². The lowest BCUT2D eigenvalue weighted by molar-refractivity contribution is 0.552. The van der Waals surface area contributed by atoms with Crippen LogP contribution in [0.4, 0.5) is 0 Å². The maximum atomic E-state index is 12.0. The van der Waals surface area contributed by atoms with Gasteiger partial charge in [-0.2, -0.15) is 0 Å². The summed E-state index contributed by atoms with van der Waals surface area (Å²) < 4.78 is 5.48. The van der Waals surface area contributed by atoms with Crippen LogP contribution in [0, 0.1) is 0 Å². The molecule has 2 heteroatoms. The minimum Gasteiger partial charge on any atom is -0.423 e. The van der Waals surface area contributed by atoms with Gasteiger partial charge in [-0.25, -0.2) is 4.79 Å². The second kappa shape index (κ2) is 6.44. The van der Waals surface area contributed by atoms with Gasteiger partial charge < -0.3 is 4.42 Å². The van der Waals surface area contributed by atoms with Crippen LogP contribution in [0.2, 0.25) is 0 Å². The molecular formula is C20H18O2. The Labute approximate surface area is 129 Å². The number of benzene rings is 2. The topological polar surface area (TPSA) is 30.2 Å². The van der Waals surface area contributed by atoms with E-state index in [0.29, 0.717) is 17.6 Å². The molecule has 0 N–H and O–H groups in total. The van der Waals surface area contributed by atoms with Gasteiger partial charge in [-0.1, -0.05) is 54.6 Å². The molecule has 3 aromatic rings. The molecule has 0 amide bonds. The van der Waals surface area contributed by atoms with E-state index in [2.05, 4.69) is 18.2 Å². The number of allylic oxidation sites excluding steroid dienone is 2. The standard InChI is InChI=1S/C20H18O2/c1-2-3-9-18-14-17-11-10-16(13-19(17)22-20(18)21)12-15-7-5-4-6-8-15/h2-8,10-11,13-14H,9,12H2,1H3/b3-2+. The number of hydrogen-bond donors (Lipinski definition) is 0. The highest BCUT2D eigenvalue weighted by Crippen LogP contribution is 2.18. The van der Waals surface area contributed by atoms with Crippen molar-refractivity contribution in [2.24, 2.45) is 0 Å². The normalized spacial score (nSPS) is 11.3. The number of rotatable bonds is 4. The molecule has 0 aliphatic heterocycles. The van der Waals surface area contributed by atoms with Crippen LogP contribution in [0.5, 0.6) is 0 Å². The van der Waals surface area contributed by atoms with Crippen LogP contribution in [-0.4, -0.2) is 0 Å². The molecule has 0 aliphatic rings. The maximum Gasteiger partial charge on any atom is 0.339 e. The summed E-state index contributed by atoms with van der Waals surface area (Å²) >= 11 is 0. The molecule has 2 aromatic carbocycles. The summed E-state index contributed by atoms with van der Waals surface area (Å²) in [5, 5.41) is 0.968. The summed E-state index contributed by atoms with van der Waals surface area (Å²) in [6, 6.07) is 18.3.